The third-order valence-electron chi connectivity index (χ3n) is 3.77. The highest BCUT2D eigenvalue weighted by Crippen LogP contribution is 2.23. The molecular weight excluding hydrogens is 308 g/mol. The van der Waals surface area contributed by atoms with Gasteiger partial charge in [-0.2, -0.15) is 5.26 Å². The first-order chi connectivity index (χ1) is 11.6. The van der Waals surface area contributed by atoms with Gasteiger partial charge in [0.15, 0.2) is 6.61 Å². The summed E-state index contributed by atoms with van der Waals surface area (Å²) in [5, 5.41) is 16.8. The molecule has 7 nitrogen and oxygen atoms in total. The first-order valence-corrected chi connectivity index (χ1v) is 7.89. The topological polar surface area (TPSA) is 84.4 Å². The monoisotopic (exact) mass is 328 g/mol. The molecule has 2 heterocycles. The fraction of sp³-hybridized carbons (Fsp3) is 0.471. The van der Waals surface area contributed by atoms with E-state index in [0.717, 1.165) is 18.7 Å². The third-order valence-corrected chi connectivity index (χ3v) is 3.77. The molecule has 0 spiro atoms. The van der Waals surface area contributed by atoms with Gasteiger partial charge in [-0.3, -0.25) is 0 Å². The van der Waals surface area contributed by atoms with E-state index >= 15 is 0 Å². The summed E-state index contributed by atoms with van der Waals surface area (Å²) in [6.07, 6.45) is 0.319. The summed E-state index contributed by atoms with van der Waals surface area (Å²) in [5.74, 6) is 1.59. The first kappa shape index (κ1) is 16.4. The number of benzene rings is 1. The van der Waals surface area contributed by atoms with Gasteiger partial charge >= 0.3 is 0 Å². The van der Waals surface area contributed by atoms with Gasteiger partial charge < -0.3 is 18.8 Å². The van der Waals surface area contributed by atoms with E-state index in [-0.39, 0.29) is 18.8 Å². The molecule has 0 unspecified atom stereocenters. The summed E-state index contributed by atoms with van der Waals surface area (Å²) >= 11 is 0. The average molecular weight is 328 g/mol. The van der Waals surface area contributed by atoms with E-state index in [1.165, 1.54) is 0 Å². The second-order valence-corrected chi connectivity index (χ2v) is 5.96. The lowest BCUT2D eigenvalue weighted by Gasteiger charge is -2.32. The molecule has 1 aromatic heterocycles. The Morgan fingerprint density at radius 3 is 2.79 bits per heavy atom. The van der Waals surface area contributed by atoms with Gasteiger partial charge in [0.25, 0.3) is 5.89 Å². The van der Waals surface area contributed by atoms with Crippen molar-refractivity contribution < 1.29 is 13.9 Å². The molecule has 2 aromatic rings. The molecule has 1 aliphatic rings. The minimum Gasteiger partial charge on any atom is -0.484 e. The van der Waals surface area contributed by atoms with Crippen LogP contribution in [-0.4, -0.2) is 41.3 Å². The Bertz CT molecular complexity index is 697. The Morgan fingerprint density at radius 1 is 1.29 bits per heavy atom. The van der Waals surface area contributed by atoms with Gasteiger partial charge in [0.05, 0.1) is 18.6 Å². The van der Waals surface area contributed by atoms with Crippen LogP contribution in [0.2, 0.25) is 0 Å². The van der Waals surface area contributed by atoms with Crippen LogP contribution in [-0.2, 0) is 17.8 Å². The molecule has 24 heavy (non-hydrogen) atoms. The lowest BCUT2D eigenvalue weighted by molar-refractivity contribution is -0.0827. The summed E-state index contributed by atoms with van der Waals surface area (Å²) < 4.78 is 17.1. The molecule has 0 N–H and O–H groups in total. The molecule has 2 atom stereocenters. The van der Waals surface area contributed by atoms with Crippen molar-refractivity contribution in [1.82, 2.24) is 15.1 Å². The highest BCUT2D eigenvalue weighted by Gasteiger charge is 2.28. The number of nitrogens with zero attached hydrogens (tertiary/aromatic N) is 4. The van der Waals surface area contributed by atoms with E-state index in [0.29, 0.717) is 24.0 Å². The van der Waals surface area contributed by atoms with Crippen molar-refractivity contribution in [2.75, 3.05) is 20.1 Å². The highest BCUT2D eigenvalue weighted by atomic mass is 16.5. The number of aromatic nitrogens is 2. The number of hydrogen-bond donors (Lipinski definition) is 0. The van der Waals surface area contributed by atoms with Crippen molar-refractivity contribution in [2.24, 2.45) is 0 Å². The van der Waals surface area contributed by atoms with Gasteiger partial charge in [0.1, 0.15) is 11.9 Å². The summed E-state index contributed by atoms with van der Waals surface area (Å²) in [5.41, 5.74) is 0.956. The summed E-state index contributed by atoms with van der Waals surface area (Å²) in [6.45, 7) is 3.84. The Balaban J connectivity index is 1.57. The van der Waals surface area contributed by atoms with Crippen molar-refractivity contribution in [3.8, 4) is 11.8 Å². The molecule has 0 bridgehead atoms. The molecule has 1 fully saturated rings. The van der Waals surface area contributed by atoms with Crippen molar-refractivity contribution in [3.63, 3.8) is 0 Å². The lowest BCUT2D eigenvalue weighted by atomic mass is 10.2. The van der Waals surface area contributed by atoms with Crippen molar-refractivity contribution in [3.05, 3.63) is 41.6 Å². The molecule has 126 valence electrons. The molecule has 1 saturated heterocycles. The van der Waals surface area contributed by atoms with Crippen LogP contribution in [0.1, 0.15) is 30.4 Å². The zero-order valence-electron chi connectivity index (χ0n) is 13.8. The minimum absolute atomic E-state index is 0.132. The summed E-state index contributed by atoms with van der Waals surface area (Å²) in [4.78, 5) is 2.18. The van der Waals surface area contributed by atoms with Crippen LogP contribution >= 0.6 is 0 Å². The Kier molecular flexibility index (Phi) is 5.08. The minimum atomic E-state index is -0.203. The van der Waals surface area contributed by atoms with Crippen LogP contribution in [0.4, 0.5) is 0 Å². The predicted molar refractivity (Wildman–Crippen MR) is 85.2 cm³/mol. The largest absolute Gasteiger partial charge is 0.484 e. The van der Waals surface area contributed by atoms with Crippen LogP contribution in [0.5, 0.6) is 5.75 Å². The van der Waals surface area contributed by atoms with E-state index in [9.17, 15) is 0 Å². The van der Waals surface area contributed by atoms with Gasteiger partial charge in [-0.15, -0.1) is 10.2 Å². The third kappa shape index (κ3) is 4.10. The number of likely N-dealkylation sites (N-methyl/N-ethyl adjacent to an activating group) is 1. The van der Waals surface area contributed by atoms with Crippen LogP contribution in [0.15, 0.2) is 28.7 Å². The van der Waals surface area contributed by atoms with Gasteiger partial charge in [-0.25, -0.2) is 0 Å². The Morgan fingerprint density at radius 2 is 2.08 bits per heavy atom. The molecule has 0 saturated carbocycles. The number of rotatable bonds is 5. The van der Waals surface area contributed by atoms with Crippen LogP contribution in [0, 0.1) is 11.3 Å². The van der Waals surface area contributed by atoms with Crippen LogP contribution in [0.25, 0.3) is 0 Å². The van der Waals surface area contributed by atoms with E-state index < -0.39 is 0 Å². The standard InChI is InChI=1S/C17H20N4O3/c1-12-9-21(2)10-15(23-12)17-20-19-16(24-17)11-22-14-5-3-13(4-6-14)7-8-18/h3-6,12,15H,7,9-11H2,1-2H3/t12-,15-/m1/s1. The first-order valence-electron chi connectivity index (χ1n) is 7.89. The molecule has 7 heteroatoms. The maximum atomic E-state index is 8.66. The molecule has 0 aliphatic carbocycles. The SMILES string of the molecule is C[C@@H]1CN(C)C[C@H](c2nnc(COc3ccc(CC#N)cc3)o2)O1. The van der Waals surface area contributed by atoms with Gasteiger partial charge in [-0.05, 0) is 31.7 Å². The molecule has 0 amide bonds. The zero-order chi connectivity index (χ0) is 16.9. The van der Waals surface area contributed by atoms with E-state index in [1.807, 2.05) is 38.2 Å². The number of ether oxygens (including phenoxy) is 2. The molecular formula is C17H20N4O3. The molecule has 0 radical (unpaired) electrons. The van der Waals surface area contributed by atoms with E-state index in [4.69, 9.17) is 19.2 Å². The van der Waals surface area contributed by atoms with Crippen molar-refractivity contribution >= 4 is 0 Å². The molecule has 3 rings (SSSR count). The maximum absolute atomic E-state index is 8.66. The quantitative estimate of drug-likeness (QED) is 0.831. The average Bonchev–Trinajstić information content (AvgIpc) is 3.03. The lowest BCUT2D eigenvalue weighted by Crippen LogP contribution is -2.40. The van der Waals surface area contributed by atoms with Gasteiger partial charge in [0.2, 0.25) is 5.89 Å². The van der Waals surface area contributed by atoms with E-state index in [2.05, 4.69) is 21.2 Å². The van der Waals surface area contributed by atoms with Gasteiger partial charge in [-0.1, -0.05) is 12.1 Å². The van der Waals surface area contributed by atoms with Crippen LogP contribution < -0.4 is 4.74 Å². The number of nitriles is 1. The Labute approximate surface area is 140 Å². The number of hydrogen-bond acceptors (Lipinski definition) is 7. The van der Waals surface area contributed by atoms with Crippen LogP contribution in [0.3, 0.4) is 0 Å². The summed E-state index contributed by atoms with van der Waals surface area (Å²) in [7, 11) is 2.04. The van der Waals surface area contributed by atoms with Gasteiger partial charge in [0, 0.05) is 13.1 Å². The molecule has 1 aliphatic heterocycles. The maximum Gasteiger partial charge on any atom is 0.254 e. The fourth-order valence-corrected chi connectivity index (χ4v) is 2.69. The summed E-state index contributed by atoms with van der Waals surface area (Å²) in [6, 6.07) is 9.49. The fourth-order valence-electron chi connectivity index (χ4n) is 2.69. The highest BCUT2D eigenvalue weighted by molar-refractivity contribution is 5.28. The number of morpholine rings is 1. The normalized spacial score (nSPS) is 21.4. The molecule has 1 aromatic carbocycles. The smallest absolute Gasteiger partial charge is 0.254 e. The second kappa shape index (κ2) is 7.43. The second-order valence-electron chi connectivity index (χ2n) is 5.96. The Hall–Kier alpha value is -2.43. The van der Waals surface area contributed by atoms with Crippen molar-refractivity contribution in [2.45, 2.75) is 32.2 Å². The zero-order valence-corrected chi connectivity index (χ0v) is 13.8. The predicted octanol–water partition coefficient (Wildman–Crippen LogP) is 2.11. The van der Waals surface area contributed by atoms with E-state index in [1.54, 1.807) is 0 Å². The van der Waals surface area contributed by atoms with Crippen molar-refractivity contribution in [1.29, 1.82) is 5.26 Å².